The Labute approximate surface area is 151 Å². The molecule has 0 spiro atoms. The molecular formula is C19H21N5O2. The van der Waals surface area contributed by atoms with Crippen molar-refractivity contribution in [1.82, 2.24) is 25.1 Å². The highest BCUT2D eigenvalue weighted by Gasteiger charge is 2.25. The molecule has 4 rings (SSSR count). The Kier molecular flexibility index (Phi) is 4.64. The molecule has 1 atom stereocenters. The van der Waals surface area contributed by atoms with Gasteiger partial charge >= 0.3 is 0 Å². The molecule has 0 saturated carbocycles. The van der Waals surface area contributed by atoms with Gasteiger partial charge in [-0.3, -0.25) is 14.8 Å². The summed E-state index contributed by atoms with van der Waals surface area (Å²) in [7, 11) is 0. The van der Waals surface area contributed by atoms with Crippen molar-refractivity contribution >= 4 is 0 Å². The van der Waals surface area contributed by atoms with Gasteiger partial charge < -0.3 is 9.72 Å². The molecule has 0 aliphatic carbocycles. The molecule has 0 bridgehead atoms. The molecule has 1 aliphatic rings. The number of aromatic nitrogens is 4. The molecule has 1 saturated heterocycles. The second kappa shape index (κ2) is 7.23. The van der Waals surface area contributed by atoms with Gasteiger partial charge in [0.15, 0.2) is 0 Å². The number of rotatable bonds is 4. The number of morpholine rings is 1. The maximum atomic E-state index is 11.7. The quantitative estimate of drug-likeness (QED) is 0.751. The van der Waals surface area contributed by atoms with Crippen molar-refractivity contribution in [2.75, 3.05) is 19.7 Å². The van der Waals surface area contributed by atoms with E-state index in [0.29, 0.717) is 24.7 Å². The normalized spacial score (nSPS) is 18.1. The molecule has 1 aliphatic heterocycles. The molecule has 2 aromatic heterocycles. The van der Waals surface area contributed by atoms with E-state index in [1.807, 2.05) is 31.3 Å². The molecule has 0 unspecified atom stereocenters. The average molecular weight is 351 g/mol. The Balaban J connectivity index is 1.51. The second-order valence-corrected chi connectivity index (χ2v) is 6.50. The lowest BCUT2D eigenvalue weighted by Gasteiger charge is -2.32. The van der Waals surface area contributed by atoms with Crippen LogP contribution in [0.5, 0.6) is 0 Å². The molecule has 7 nitrogen and oxygen atoms in total. The monoisotopic (exact) mass is 351 g/mol. The zero-order valence-electron chi connectivity index (χ0n) is 14.6. The third-order valence-electron chi connectivity index (χ3n) is 4.52. The summed E-state index contributed by atoms with van der Waals surface area (Å²) in [5.41, 5.74) is 3.85. The van der Waals surface area contributed by atoms with E-state index in [0.717, 1.165) is 29.9 Å². The number of H-pyrrole nitrogens is 2. The molecule has 3 heterocycles. The summed E-state index contributed by atoms with van der Waals surface area (Å²) in [5, 5.41) is 7.32. The molecule has 0 amide bonds. The maximum absolute atomic E-state index is 11.7. The number of hydrogen-bond donors (Lipinski definition) is 2. The number of ether oxygens (including phenoxy) is 1. The van der Waals surface area contributed by atoms with Gasteiger partial charge in [-0.05, 0) is 12.5 Å². The van der Waals surface area contributed by atoms with Gasteiger partial charge in [0.2, 0.25) is 0 Å². The van der Waals surface area contributed by atoms with Crippen LogP contribution in [0.15, 0.2) is 47.4 Å². The van der Waals surface area contributed by atoms with Gasteiger partial charge in [-0.25, -0.2) is 4.98 Å². The van der Waals surface area contributed by atoms with Crippen molar-refractivity contribution in [3.05, 3.63) is 70.0 Å². The number of aromatic amines is 2. The summed E-state index contributed by atoms with van der Waals surface area (Å²) in [6.45, 7) is 4.67. The first-order valence-corrected chi connectivity index (χ1v) is 8.68. The lowest BCUT2D eigenvalue weighted by molar-refractivity contribution is -0.0373. The van der Waals surface area contributed by atoms with E-state index in [1.165, 1.54) is 6.07 Å². The van der Waals surface area contributed by atoms with Crippen LogP contribution in [0.1, 0.15) is 23.2 Å². The third-order valence-corrected chi connectivity index (χ3v) is 4.52. The van der Waals surface area contributed by atoms with E-state index in [1.54, 1.807) is 0 Å². The maximum Gasteiger partial charge on any atom is 0.251 e. The fraction of sp³-hybridized carbons (Fsp3) is 0.316. The van der Waals surface area contributed by atoms with Crippen LogP contribution in [-0.2, 0) is 11.3 Å². The minimum atomic E-state index is -0.233. The topological polar surface area (TPSA) is 86.9 Å². The first-order chi connectivity index (χ1) is 12.7. The van der Waals surface area contributed by atoms with Gasteiger partial charge in [0.05, 0.1) is 18.5 Å². The molecule has 3 aromatic rings. The van der Waals surface area contributed by atoms with E-state index in [9.17, 15) is 4.79 Å². The van der Waals surface area contributed by atoms with E-state index in [-0.39, 0.29) is 11.7 Å². The summed E-state index contributed by atoms with van der Waals surface area (Å²) in [5.74, 6) is 0.593. The van der Waals surface area contributed by atoms with Crippen LogP contribution in [0.2, 0.25) is 0 Å². The zero-order chi connectivity index (χ0) is 17.9. The molecule has 0 radical (unpaired) electrons. The number of benzene rings is 1. The fourth-order valence-corrected chi connectivity index (χ4v) is 3.29. The summed E-state index contributed by atoms with van der Waals surface area (Å²) in [6.07, 6.45) is 1.64. The lowest BCUT2D eigenvalue weighted by atomic mass is 10.1. The van der Waals surface area contributed by atoms with Crippen LogP contribution < -0.4 is 5.56 Å². The number of aryl methyl sites for hydroxylation is 1. The smallest absolute Gasteiger partial charge is 0.251 e. The summed E-state index contributed by atoms with van der Waals surface area (Å²) >= 11 is 0. The van der Waals surface area contributed by atoms with Gasteiger partial charge in [-0.15, -0.1) is 0 Å². The van der Waals surface area contributed by atoms with Gasteiger partial charge in [0.1, 0.15) is 11.9 Å². The highest BCUT2D eigenvalue weighted by atomic mass is 16.5. The van der Waals surface area contributed by atoms with E-state index in [4.69, 9.17) is 4.74 Å². The Hall–Kier alpha value is -2.77. The van der Waals surface area contributed by atoms with Crippen LogP contribution in [0.4, 0.5) is 0 Å². The first-order valence-electron chi connectivity index (χ1n) is 8.68. The highest BCUT2D eigenvalue weighted by molar-refractivity contribution is 5.62. The summed E-state index contributed by atoms with van der Waals surface area (Å²) in [4.78, 5) is 21.2. The Morgan fingerprint density at radius 2 is 2.15 bits per heavy atom. The van der Waals surface area contributed by atoms with Crippen LogP contribution >= 0.6 is 0 Å². The first kappa shape index (κ1) is 16.7. The van der Waals surface area contributed by atoms with Gasteiger partial charge in [-0.2, -0.15) is 5.10 Å². The predicted octanol–water partition coefficient (Wildman–Crippen LogP) is 2.04. The van der Waals surface area contributed by atoms with Crippen molar-refractivity contribution < 1.29 is 4.74 Å². The molecular weight excluding hydrogens is 330 g/mol. The number of nitrogens with one attached hydrogen (secondary N) is 2. The van der Waals surface area contributed by atoms with E-state index < -0.39 is 0 Å². The summed E-state index contributed by atoms with van der Waals surface area (Å²) < 4.78 is 5.84. The molecule has 1 aromatic carbocycles. The summed E-state index contributed by atoms with van der Waals surface area (Å²) in [6, 6.07) is 11.7. The van der Waals surface area contributed by atoms with Gasteiger partial charge in [0, 0.05) is 37.0 Å². The van der Waals surface area contributed by atoms with Crippen molar-refractivity contribution in [3.8, 4) is 11.3 Å². The molecule has 2 N–H and O–H groups in total. The van der Waals surface area contributed by atoms with Gasteiger partial charge in [0.25, 0.3) is 5.56 Å². The van der Waals surface area contributed by atoms with Gasteiger partial charge in [-0.1, -0.05) is 30.3 Å². The number of hydrogen-bond acceptors (Lipinski definition) is 5. The van der Waals surface area contributed by atoms with E-state index >= 15 is 0 Å². The largest absolute Gasteiger partial charge is 0.368 e. The van der Waals surface area contributed by atoms with Crippen LogP contribution in [0.3, 0.4) is 0 Å². The third kappa shape index (κ3) is 3.58. The minimum absolute atomic E-state index is 0.144. The molecule has 7 heteroatoms. The second-order valence-electron chi connectivity index (χ2n) is 6.50. The van der Waals surface area contributed by atoms with Crippen LogP contribution in [0.25, 0.3) is 11.3 Å². The lowest BCUT2D eigenvalue weighted by Crippen LogP contribution is -2.39. The minimum Gasteiger partial charge on any atom is -0.368 e. The predicted molar refractivity (Wildman–Crippen MR) is 97.6 cm³/mol. The standard InChI is InChI=1S/C19H21N5O2/c1-13-9-17(25)22-19(21-13)16-12-24(7-8-26-16)11-15-10-20-23-18(15)14-5-3-2-4-6-14/h2-6,9-10,16H,7-8,11-12H2,1H3,(H,20,23)(H,21,22,25)/t16-/m1/s1. The molecule has 1 fully saturated rings. The fourth-order valence-electron chi connectivity index (χ4n) is 3.29. The SMILES string of the molecule is Cc1cc(=O)[nH]c([C@H]2CN(Cc3cn[nH]c3-c3ccccc3)CCO2)n1. The van der Waals surface area contributed by atoms with Crippen molar-refractivity contribution in [3.63, 3.8) is 0 Å². The average Bonchev–Trinajstić information content (AvgIpc) is 3.10. The van der Waals surface area contributed by atoms with Crippen molar-refractivity contribution in [2.24, 2.45) is 0 Å². The van der Waals surface area contributed by atoms with Crippen molar-refractivity contribution in [1.29, 1.82) is 0 Å². The molecule has 26 heavy (non-hydrogen) atoms. The molecule has 134 valence electrons. The Morgan fingerprint density at radius 1 is 1.31 bits per heavy atom. The van der Waals surface area contributed by atoms with Crippen LogP contribution in [0, 0.1) is 6.92 Å². The van der Waals surface area contributed by atoms with Crippen molar-refractivity contribution in [2.45, 2.75) is 19.6 Å². The highest BCUT2D eigenvalue weighted by Crippen LogP contribution is 2.25. The zero-order valence-corrected chi connectivity index (χ0v) is 14.6. The van der Waals surface area contributed by atoms with E-state index in [2.05, 4.69) is 37.2 Å². The van der Waals surface area contributed by atoms with Crippen LogP contribution in [-0.4, -0.2) is 44.8 Å². The Morgan fingerprint density at radius 3 is 2.96 bits per heavy atom. The Bertz CT molecular complexity index is 934. The number of nitrogens with zero attached hydrogens (tertiary/aromatic N) is 3.